The summed E-state index contributed by atoms with van der Waals surface area (Å²) >= 11 is 0. The molecule has 0 aliphatic carbocycles. The van der Waals surface area contributed by atoms with Crippen LogP contribution < -0.4 is 10.1 Å². The van der Waals surface area contributed by atoms with E-state index in [1.165, 1.54) is 15.8 Å². The Kier molecular flexibility index (Phi) is 8.43. The number of rotatable bonds is 12. The van der Waals surface area contributed by atoms with E-state index in [9.17, 15) is 9.13 Å². The highest BCUT2D eigenvalue weighted by Gasteiger charge is 2.36. The second-order valence-corrected chi connectivity index (χ2v) is 9.25. The average Bonchev–Trinajstić information content (AvgIpc) is 3.17. The first-order valence-electron chi connectivity index (χ1n) is 9.11. The van der Waals surface area contributed by atoms with Gasteiger partial charge in [-0.3, -0.25) is 13.6 Å². The fraction of sp³-hybridized carbons (Fsp3) is 0.471. The highest BCUT2D eigenvalue weighted by atomic mass is 31.2. The third-order valence-corrected chi connectivity index (χ3v) is 7.72. The van der Waals surface area contributed by atoms with Crippen LogP contribution >= 0.6 is 15.3 Å². The number of anilines is 1. The predicted molar refractivity (Wildman–Crippen MR) is 108 cm³/mol. The van der Waals surface area contributed by atoms with Gasteiger partial charge in [0.2, 0.25) is 0 Å². The van der Waals surface area contributed by atoms with E-state index in [0.717, 1.165) is 0 Å². The van der Waals surface area contributed by atoms with E-state index in [4.69, 9.17) is 18.1 Å². The van der Waals surface area contributed by atoms with Gasteiger partial charge in [-0.15, -0.1) is 0 Å². The predicted octanol–water partition coefficient (Wildman–Crippen LogP) is 4.23. The molecule has 1 heterocycles. The molecule has 0 N–H and O–H groups in total. The summed E-state index contributed by atoms with van der Waals surface area (Å²) in [5, 5.41) is 0.410. The van der Waals surface area contributed by atoms with Gasteiger partial charge < -0.3 is 9.05 Å². The summed E-state index contributed by atoms with van der Waals surface area (Å²) in [5.74, 6) is 0. The maximum Gasteiger partial charge on any atom is 0.454 e. The largest absolute Gasteiger partial charge is 0.454 e. The van der Waals surface area contributed by atoms with Gasteiger partial charge in [-0.05, 0) is 52.0 Å². The lowest BCUT2D eigenvalue weighted by molar-refractivity contribution is 0.215. The fourth-order valence-corrected chi connectivity index (χ4v) is 5.82. The van der Waals surface area contributed by atoms with Crippen molar-refractivity contribution in [2.75, 3.05) is 31.2 Å². The molecule has 0 aliphatic heterocycles. The fourth-order valence-electron chi connectivity index (χ4n) is 2.53. The molecular formula is C17H27N3O6P2. The Morgan fingerprint density at radius 2 is 1.43 bits per heavy atom. The van der Waals surface area contributed by atoms with Crippen molar-refractivity contribution < 1.29 is 27.2 Å². The molecule has 0 saturated heterocycles. The van der Waals surface area contributed by atoms with Gasteiger partial charge in [-0.25, -0.2) is 14.2 Å². The SMILES string of the molecule is CCOP(=O)(OCC)c1ccc(N(n2ccnc2)P(=O)(OCC)OCC)cc1. The first kappa shape index (κ1) is 22.8. The van der Waals surface area contributed by atoms with Crippen LogP contribution in [0.4, 0.5) is 5.69 Å². The maximum absolute atomic E-state index is 13.4. The van der Waals surface area contributed by atoms with Crippen molar-refractivity contribution in [1.82, 2.24) is 9.66 Å². The second kappa shape index (κ2) is 10.3. The lowest BCUT2D eigenvalue weighted by Crippen LogP contribution is -2.28. The smallest absolute Gasteiger partial charge is 0.305 e. The van der Waals surface area contributed by atoms with Crippen LogP contribution in [-0.2, 0) is 27.2 Å². The van der Waals surface area contributed by atoms with Crippen molar-refractivity contribution in [3.63, 3.8) is 0 Å². The van der Waals surface area contributed by atoms with Crippen LogP contribution in [0.1, 0.15) is 27.7 Å². The van der Waals surface area contributed by atoms with E-state index in [0.29, 0.717) is 11.0 Å². The van der Waals surface area contributed by atoms with Gasteiger partial charge in [0.05, 0.1) is 37.4 Å². The Morgan fingerprint density at radius 3 is 1.86 bits per heavy atom. The van der Waals surface area contributed by atoms with Crippen molar-refractivity contribution in [2.24, 2.45) is 0 Å². The summed E-state index contributed by atoms with van der Waals surface area (Å²) in [4.78, 5) is 4.01. The zero-order chi connectivity index (χ0) is 20.6. The number of benzene rings is 1. The third kappa shape index (κ3) is 5.11. The van der Waals surface area contributed by atoms with Crippen LogP contribution in [0.2, 0.25) is 0 Å². The van der Waals surface area contributed by atoms with E-state index in [1.54, 1.807) is 64.4 Å². The monoisotopic (exact) mass is 431 g/mol. The van der Waals surface area contributed by atoms with Crippen LogP contribution in [0, 0.1) is 0 Å². The van der Waals surface area contributed by atoms with E-state index in [1.807, 2.05) is 0 Å². The molecule has 2 aromatic rings. The number of imidazole rings is 1. The lowest BCUT2D eigenvalue weighted by Gasteiger charge is -2.31. The Labute approximate surface area is 165 Å². The molecule has 0 amide bonds. The summed E-state index contributed by atoms with van der Waals surface area (Å²) in [6.07, 6.45) is 4.68. The Morgan fingerprint density at radius 1 is 0.893 bits per heavy atom. The van der Waals surface area contributed by atoms with Crippen LogP contribution in [0.3, 0.4) is 0 Å². The van der Waals surface area contributed by atoms with Crippen molar-refractivity contribution in [2.45, 2.75) is 27.7 Å². The minimum Gasteiger partial charge on any atom is -0.305 e. The molecule has 1 aromatic heterocycles. The molecule has 156 valence electrons. The van der Waals surface area contributed by atoms with E-state index in [2.05, 4.69) is 4.98 Å². The zero-order valence-corrected chi connectivity index (χ0v) is 18.3. The Bertz CT molecular complexity index is 793. The zero-order valence-electron chi connectivity index (χ0n) is 16.6. The molecule has 11 heteroatoms. The van der Waals surface area contributed by atoms with Crippen molar-refractivity contribution >= 4 is 26.3 Å². The summed E-state index contributed by atoms with van der Waals surface area (Å²) in [7, 11) is -7.11. The Balaban J connectivity index is 2.48. The highest BCUT2D eigenvalue weighted by molar-refractivity contribution is 7.62. The van der Waals surface area contributed by atoms with Gasteiger partial charge in [0.25, 0.3) is 0 Å². The normalized spacial score (nSPS) is 12.3. The third-order valence-electron chi connectivity index (χ3n) is 3.52. The molecule has 0 fully saturated rings. The molecule has 9 nitrogen and oxygen atoms in total. The molecule has 0 bridgehead atoms. The van der Waals surface area contributed by atoms with Gasteiger partial charge >= 0.3 is 15.3 Å². The number of hydrogen-bond donors (Lipinski definition) is 0. The summed E-state index contributed by atoms with van der Waals surface area (Å²) in [6, 6.07) is 6.55. The number of nitrogens with zero attached hydrogens (tertiary/aromatic N) is 3. The van der Waals surface area contributed by atoms with Gasteiger partial charge in [-0.2, -0.15) is 4.78 Å². The van der Waals surface area contributed by atoms with Crippen LogP contribution in [0.25, 0.3) is 0 Å². The van der Waals surface area contributed by atoms with Gasteiger partial charge in [-0.1, -0.05) is 0 Å². The molecule has 0 radical (unpaired) electrons. The molecule has 2 rings (SSSR count). The molecule has 0 unspecified atom stereocenters. The van der Waals surface area contributed by atoms with E-state index >= 15 is 0 Å². The lowest BCUT2D eigenvalue weighted by atomic mass is 10.3. The van der Waals surface area contributed by atoms with Crippen molar-refractivity contribution in [3.8, 4) is 0 Å². The standard InChI is InChI=1S/C17H27N3O6P2/c1-5-23-27(21,24-6-2)17-11-9-16(10-12-17)20(19-14-13-18-15-19)28(22,25-7-3)26-8-4/h9-15H,5-8H2,1-4H3. The van der Waals surface area contributed by atoms with Crippen molar-refractivity contribution in [3.05, 3.63) is 43.0 Å². The van der Waals surface area contributed by atoms with Crippen LogP contribution in [-0.4, -0.2) is 36.1 Å². The summed E-state index contributed by atoms with van der Waals surface area (Å²) in [6.45, 7) is 7.88. The first-order valence-corrected chi connectivity index (χ1v) is 12.2. The quantitative estimate of drug-likeness (QED) is 0.461. The highest BCUT2D eigenvalue weighted by Crippen LogP contribution is 2.54. The maximum atomic E-state index is 13.4. The van der Waals surface area contributed by atoms with Gasteiger partial charge in [0.1, 0.15) is 6.33 Å². The topological polar surface area (TPSA) is 92.1 Å². The van der Waals surface area contributed by atoms with Gasteiger partial charge in [0, 0.05) is 12.4 Å². The van der Waals surface area contributed by atoms with Gasteiger partial charge in [0.15, 0.2) is 0 Å². The number of aromatic nitrogens is 2. The molecule has 1 aromatic carbocycles. The van der Waals surface area contributed by atoms with Crippen molar-refractivity contribution in [1.29, 1.82) is 0 Å². The molecular weight excluding hydrogens is 404 g/mol. The summed E-state index contributed by atoms with van der Waals surface area (Å²) < 4.78 is 51.0. The minimum atomic E-state index is -3.70. The van der Waals surface area contributed by atoms with Crippen LogP contribution in [0.5, 0.6) is 0 Å². The summed E-state index contributed by atoms with van der Waals surface area (Å²) in [5.41, 5.74) is 0.506. The van der Waals surface area contributed by atoms with E-state index < -0.39 is 15.3 Å². The molecule has 0 aliphatic rings. The minimum absolute atomic E-state index is 0.199. The van der Waals surface area contributed by atoms with Crippen LogP contribution in [0.15, 0.2) is 43.0 Å². The first-order chi connectivity index (χ1) is 13.4. The van der Waals surface area contributed by atoms with E-state index in [-0.39, 0.29) is 26.4 Å². The average molecular weight is 431 g/mol. The molecule has 0 saturated carbocycles. The number of hydrogen-bond acceptors (Lipinski definition) is 7. The molecule has 28 heavy (non-hydrogen) atoms. The molecule has 0 spiro atoms. The Hall–Kier alpha value is -1.47. The second-order valence-electron chi connectivity index (χ2n) is 5.39. The molecule has 0 atom stereocenters.